The first kappa shape index (κ1) is 17.4. The number of esters is 1. The van der Waals surface area contributed by atoms with Crippen molar-refractivity contribution < 1.29 is 28.6 Å². The van der Waals surface area contributed by atoms with Crippen molar-refractivity contribution in [1.29, 1.82) is 0 Å². The van der Waals surface area contributed by atoms with Gasteiger partial charge in [0.15, 0.2) is 0 Å². The molecule has 1 aliphatic rings. The normalized spacial score (nSPS) is 20.2. The molecular weight excluding hydrogens is 278 g/mol. The van der Waals surface area contributed by atoms with E-state index >= 15 is 0 Å². The molecule has 0 aliphatic carbocycles. The third-order valence-electron chi connectivity index (χ3n) is 2.32. The highest BCUT2D eigenvalue weighted by Gasteiger charge is 2.42. The first-order chi connectivity index (χ1) is 9.41. The number of imide groups is 1. The van der Waals surface area contributed by atoms with E-state index in [0.717, 1.165) is 4.90 Å². The molecule has 1 atom stereocenters. The van der Waals surface area contributed by atoms with Crippen LogP contribution < -0.4 is 0 Å². The van der Waals surface area contributed by atoms with Gasteiger partial charge in [-0.2, -0.15) is 0 Å². The summed E-state index contributed by atoms with van der Waals surface area (Å²) in [5, 5.41) is 0. The van der Waals surface area contributed by atoms with Crippen LogP contribution in [0.1, 0.15) is 41.5 Å². The van der Waals surface area contributed by atoms with Crippen LogP contribution in [0.5, 0.6) is 0 Å². The number of morpholine rings is 1. The molecule has 7 heteroatoms. The van der Waals surface area contributed by atoms with Gasteiger partial charge in [-0.15, -0.1) is 0 Å². The molecule has 0 spiro atoms. The van der Waals surface area contributed by atoms with Crippen molar-refractivity contribution in [3.63, 3.8) is 0 Å². The van der Waals surface area contributed by atoms with Crippen LogP contribution in [0.15, 0.2) is 0 Å². The van der Waals surface area contributed by atoms with Gasteiger partial charge in [0.1, 0.15) is 11.2 Å². The van der Waals surface area contributed by atoms with Crippen LogP contribution in [0.2, 0.25) is 0 Å². The molecule has 1 fully saturated rings. The predicted octanol–water partition coefficient (Wildman–Crippen LogP) is 1.49. The van der Waals surface area contributed by atoms with Crippen molar-refractivity contribution in [1.82, 2.24) is 4.90 Å². The number of carbonyl (C=O) groups excluding carboxylic acids is 3. The van der Waals surface area contributed by atoms with Crippen molar-refractivity contribution in [3.8, 4) is 0 Å². The maximum atomic E-state index is 12.2. The fraction of sp³-hybridized carbons (Fsp3) is 0.786. The fourth-order valence-electron chi connectivity index (χ4n) is 1.61. The average Bonchev–Trinajstić information content (AvgIpc) is 2.23. The summed E-state index contributed by atoms with van der Waals surface area (Å²) in [5.74, 6) is -1.56. The predicted molar refractivity (Wildman–Crippen MR) is 73.5 cm³/mol. The van der Waals surface area contributed by atoms with Crippen molar-refractivity contribution in [2.75, 3.05) is 13.2 Å². The van der Waals surface area contributed by atoms with E-state index in [-0.39, 0.29) is 13.2 Å². The quantitative estimate of drug-likeness (QED) is 0.539. The van der Waals surface area contributed by atoms with E-state index in [9.17, 15) is 14.4 Å². The van der Waals surface area contributed by atoms with Crippen LogP contribution in [0, 0.1) is 0 Å². The minimum atomic E-state index is -1.43. The van der Waals surface area contributed by atoms with Crippen molar-refractivity contribution in [2.24, 2.45) is 0 Å². The highest BCUT2D eigenvalue weighted by atomic mass is 16.6. The number of carbonyl (C=O) groups is 3. The summed E-state index contributed by atoms with van der Waals surface area (Å²) in [6.07, 6.45) is -2.21. The largest absolute Gasteiger partial charge is 0.458 e. The maximum Gasteiger partial charge on any atom is 0.417 e. The lowest BCUT2D eigenvalue weighted by molar-refractivity contribution is -0.179. The lowest BCUT2D eigenvalue weighted by Gasteiger charge is -2.32. The van der Waals surface area contributed by atoms with Gasteiger partial charge in [0.05, 0.1) is 13.2 Å². The summed E-state index contributed by atoms with van der Waals surface area (Å²) >= 11 is 0. The second-order valence-electron chi connectivity index (χ2n) is 6.75. The molecule has 0 saturated carbocycles. The average molecular weight is 301 g/mol. The van der Waals surface area contributed by atoms with Gasteiger partial charge in [0.25, 0.3) is 5.91 Å². The van der Waals surface area contributed by atoms with E-state index in [1.807, 2.05) is 0 Å². The molecule has 0 radical (unpaired) electrons. The summed E-state index contributed by atoms with van der Waals surface area (Å²) in [6, 6.07) is 0. The third-order valence-corrected chi connectivity index (χ3v) is 2.32. The summed E-state index contributed by atoms with van der Waals surface area (Å²) in [7, 11) is 0. The molecule has 2 amide bonds. The molecule has 0 aromatic carbocycles. The highest BCUT2D eigenvalue weighted by Crippen LogP contribution is 2.17. The van der Waals surface area contributed by atoms with Gasteiger partial charge >= 0.3 is 12.1 Å². The lowest BCUT2D eigenvalue weighted by atomic mass is 10.2. The van der Waals surface area contributed by atoms with E-state index in [0.29, 0.717) is 0 Å². The number of rotatable bonds is 1. The monoisotopic (exact) mass is 301 g/mol. The Morgan fingerprint density at radius 2 is 1.62 bits per heavy atom. The molecule has 1 rings (SSSR count). The van der Waals surface area contributed by atoms with Crippen LogP contribution in [0.3, 0.4) is 0 Å². The van der Waals surface area contributed by atoms with Crippen LogP contribution in [-0.4, -0.2) is 53.3 Å². The number of amides is 2. The third kappa shape index (κ3) is 5.34. The summed E-state index contributed by atoms with van der Waals surface area (Å²) in [5.41, 5.74) is -1.47. The van der Waals surface area contributed by atoms with Gasteiger partial charge in [-0.25, -0.2) is 14.5 Å². The number of nitrogens with zero attached hydrogens (tertiary/aromatic N) is 1. The fourth-order valence-corrected chi connectivity index (χ4v) is 1.61. The standard InChI is InChI=1S/C14H23NO6/c1-13(2,3)20-11(17)9-10(16)15(7-8-19-9)12(18)21-14(4,5)6/h9H,7-8H2,1-6H3. The Labute approximate surface area is 124 Å². The molecule has 0 aromatic rings. The molecule has 0 bridgehead atoms. The van der Waals surface area contributed by atoms with E-state index in [4.69, 9.17) is 14.2 Å². The van der Waals surface area contributed by atoms with E-state index in [1.54, 1.807) is 41.5 Å². The van der Waals surface area contributed by atoms with Gasteiger partial charge < -0.3 is 14.2 Å². The minimum Gasteiger partial charge on any atom is -0.458 e. The first-order valence-electron chi connectivity index (χ1n) is 6.79. The van der Waals surface area contributed by atoms with Crippen molar-refractivity contribution in [3.05, 3.63) is 0 Å². The molecule has 120 valence electrons. The second kappa shape index (κ2) is 6.01. The Kier molecular flexibility index (Phi) is 4.99. The molecule has 7 nitrogen and oxygen atoms in total. The smallest absolute Gasteiger partial charge is 0.417 e. The van der Waals surface area contributed by atoms with E-state index in [2.05, 4.69) is 0 Å². The van der Waals surface area contributed by atoms with Crippen molar-refractivity contribution in [2.45, 2.75) is 58.8 Å². The Morgan fingerprint density at radius 1 is 1.10 bits per heavy atom. The maximum absolute atomic E-state index is 12.2. The molecule has 0 aromatic heterocycles. The lowest BCUT2D eigenvalue weighted by Crippen LogP contribution is -2.55. The summed E-state index contributed by atoms with van der Waals surface area (Å²) in [4.78, 5) is 36.9. The van der Waals surface area contributed by atoms with Crippen LogP contribution in [0.4, 0.5) is 4.79 Å². The number of hydrogen-bond donors (Lipinski definition) is 0. The zero-order valence-electron chi connectivity index (χ0n) is 13.4. The number of ether oxygens (including phenoxy) is 3. The van der Waals surface area contributed by atoms with Gasteiger partial charge in [-0.3, -0.25) is 4.79 Å². The van der Waals surface area contributed by atoms with Crippen LogP contribution >= 0.6 is 0 Å². The van der Waals surface area contributed by atoms with Crippen molar-refractivity contribution >= 4 is 18.0 Å². The van der Waals surface area contributed by atoms with E-state index < -0.39 is 35.3 Å². The first-order valence-corrected chi connectivity index (χ1v) is 6.79. The van der Waals surface area contributed by atoms with Gasteiger partial charge in [0.2, 0.25) is 6.10 Å². The van der Waals surface area contributed by atoms with Crippen LogP contribution in [-0.2, 0) is 23.8 Å². The molecule has 1 saturated heterocycles. The minimum absolute atomic E-state index is 0.0487. The Morgan fingerprint density at radius 3 is 2.10 bits per heavy atom. The Balaban J connectivity index is 2.77. The second-order valence-corrected chi connectivity index (χ2v) is 6.75. The SMILES string of the molecule is CC(C)(C)OC(=O)C1OCCN(C(=O)OC(C)(C)C)C1=O. The molecule has 1 heterocycles. The van der Waals surface area contributed by atoms with Gasteiger partial charge in [-0.05, 0) is 41.5 Å². The number of hydrogen-bond acceptors (Lipinski definition) is 6. The highest BCUT2D eigenvalue weighted by molar-refractivity contribution is 6.06. The molecular formula is C14H23NO6. The Hall–Kier alpha value is -1.63. The zero-order chi connectivity index (χ0) is 16.4. The molecule has 1 unspecified atom stereocenters. The molecule has 0 N–H and O–H groups in total. The molecule has 1 aliphatic heterocycles. The van der Waals surface area contributed by atoms with E-state index in [1.165, 1.54) is 0 Å². The zero-order valence-corrected chi connectivity index (χ0v) is 13.4. The molecule has 21 heavy (non-hydrogen) atoms. The Bertz CT molecular complexity index is 394. The van der Waals surface area contributed by atoms with Crippen LogP contribution in [0.25, 0.3) is 0 Å². The topological polar surface area (TPSA) is 82.1 Å². The summed E-state index contributed by atoms with van der Waals surface area (Å²) in [6.45, 7) is 10.3. The van der Waals surface area contributed by atoms with Gasteiger partial charge in [0, 0.05) is 0 Å². The summed E-state index contributed by atoms with van der Waals surface area (Å²) < 4.78 is 15.4. The van der Waals surface area contributed by atoms with Gasteiger partial charge in [-0.1, -0.05) is 0 Å².